The predicted octanol–water partition coefficient (Wildman–Crippen LogP) is 3.64. The average Bonchev–Trinajstić information content (AvgIpc) is 2.81. The molecular formula is C12H8INOS. The standard InChI is InChI=1S/C12H8INOS/c13-10-4-1-9(2-5-10)3-6-11(15)12-14-7-8-16-12/h1-8H/b6-3+. The van der Waals surface area contributed by atoms with E-state index in [0.717, 1.165) is 5.56 Å². The number of hydrogen-bond donors (Lipinski definition) is 0. The molecule has 2 nitrogen and oxygen atoms in total. The smallest absolute Gasteiger partial charge is 0.214 e. The molecule has 0 aliphatic carbocycles. The van der Waals surface area contributed by atoms with E-state index in [-0.39, 0.29) is 5.78 Å². The molecule has 0 amide bonds. The van der Waals surface area contributed by atoms with Gasteiger partial charge in [0, 0.05) is 15.1 Å². The molecule has 0 spiro atoms. The van der Waals surface area contributed by atoms with Gasteiger partial charge in [-0.1, -0.05) is 18.2 Å². The molecule has 0 saturated carbocycles. The van der Waals surface area contributed by atoms with Crippen LogP contribution in [0.25, 0.3) is 6.08 Å². The van der Waals surface area contributed by atoms with Crippen molar-refractivity contribution in [2.24, 2.45) is 0 Å². The fourth-order valence-electron chi connectivity index (χ4n) is 1.16. The third-order valence-electron chi connectivity index (χ3n) is 1.94. The maximum absolute atomic E-state index is 11.6. The van der Waals surface area contributed by atoms with Crippen molar-refractivity contribution in [2.75, 3.05) is 0 Å². The lowest BCUT2D eigenvalue weighted by atomic mass is 10.2. The number of carbonyl (C=O) groups excluding carboxylic acids is 1. The van der Waals surface area contributed by atoms with Crippen molar-refractivity contribution in [2.45, 2.75) is 0 Å². The highest BCUT2D eigenvalue weighted by Gasteiger charge is 2.02. The van der Waals surface area contributed by atoms with Crippen LogP contribution in [0.5, 0.6) is 0 Å². The minimum atomic E-state index is -0.0476. The van der Waals surface area contributed by atoms with E-state index in [4.69, 9.17) is 0 Å². The number of hydrogen-bond acceptors (Lipinski definition) is 3. The van der Waals surface area contributed by atoms with Gasteiger partial charge in [-0.05, 0) is 46.4 Å². The molecule has 0 bridgehead atoms. The Kier molecular flexibility index (Phi) is 3.84. The Labute approximate surface area is 111 Å². The Balaban J connectivity index is 2.10. The lowest BCUT2D eigenvalue weighted by Gasteiger charge is -1.93. The van der Waals surface area contributed by atoms with Crippen LogP contribution in [-0.2, 0) is 0 Å². The van der Waals surface area contributed by atoms with Crippen LogP contribution in [0.1, 0.15) is 15.4 Å². The first-order valence-electron chi connectivity index (χ1n) is 4.63. The van der Waals surface area contributed by atoms with Crippen molar-refractivity contribution < 1.29 is 4.79 Å². The molecule has 0 N–H and O–H groups in total. The molecule has 0 saturated heterocycles. The molecule has 1 heterocycles. The number of rotatable bonds is 3. The van der Waals surface area contributed by atoms with E-state index in [1.165, 1.54) is 14.9 Å². The summed E-state index contributed by atoms with van der Waals surface area (Å²) < 4.78 is 1.18. The van der Waals surface area contributed by atoms with Crippen molar-refractivity contribution in [3.8, 4) is 0 Å². The molecule has 1 aromatic heterocycles. The Morgan fingerprint density at radius 2 is 2.06 bits per heavy atom. The van der Waals surface area contributed by atoms with Crippen LogP contribution >= 0.6 is 33.9 Å². The molecule has 16 heavy (non-hydrogen) atoms. The third-order valence-corrected chi connectivity index (χ3v) is 3.45. The summed E-state index contributed by atoms with van der Waals surface area (Å²) >= 11 is 3.60. The maximum Gasteiger partial charge on any atom is 0.214 e. The average molecular weight is 341 g/mol. The van der Waals surface area contributed by atoms with Gasteiger partial charge in [-0.2, -0.15) is 0 Å². The van der Waals surface area contributed by atoms with Gasteiger partial charge in [-0.3, -0.25) is 4.79 Å². The molecule has 1 aromatic carbocycles. The number of aromatic nitrogens is 1. The highest BCUT2D eigenvalue weighted by atomic mass is 127. The largest absolute Gasteiger partial charge is 0.287 e. The molecule has 0 radical (unpaired) electrons. The van der Waals surface area contributed by atoms with Crippen LogP contribution in [0.15, 0.2) is 41.9 Å². The summed E-state index contributed by atoms with van der Waals surface area (Å²) in [7, 11) is 0. The van der Waals surface area contributed by atoms with Crippen LogP contribution in [0, 0.1) is 3.57 Å². The molecule has 0 aliphatic heterocycles. The van der Waals surface area contributed by atoms with Gasteiger partial charge >= 0.3 is 0 Å². The number of benzene rings is 1. The normalized spacial score (nSPS) is 10.8. The minimum Gasteiger partial charge on any atom is -0.287 e. The Morgan fingerprint density at radius 1 is 1.31 bits per heavy atom. The van der Waals surface area contributed by atoms with Gasteiger partial charge in [0.05, 0.1) is 0 Å². The van der Waals surface area contributed by atoms with Gasteiger partial charge < -0.3 is 0 Å². The Bertz CT molecular complexity index is 502. The summed E-state index contributed by atoms with van der Waals surface area (Å²) in [6, 6.07) is 7.98. The fraction of sp³-hybridized carbons (Fsp3) is 0. The summed E-state index contributed by atoms with van der Waals surface area (Å²) in [5.41, 5.74) is 1.02. The molecule has 80 valence electrons. The van der Waals surface area contributed by atoms with E-state index in [1.807, 2.05) is 24.3 Å². The summed E-state index contributed by atoms with van der Waals surface area (Å²) in [4.78, 5) is 15.6. The lowest BCUT2D eigenvalue weighted by molar-refractivity contribution is 0.104. The Morgan fingerprint density at radius 3 is 2.69 bits per heavy atom. The molecule has 0 fully saturated rings. The minimum absolute atomic E-state index is 0.0476. The van der Waals surface area contributed by atoms with E-state index in [0.29, 0.717) is 5.01 Å². The van der Waals surface area contributed by atoms with Crippen LogP contribution in [0.4, 0.5) is 0 Å². The van der Waals surface area contributed by atoms with E-state index < -0.39 is 0 Å². The molecule has 0 atom stereocenters. The molecule has 4 heteroatoms. The monoisotopic (exact) mass is 341 g/mol. The van der Waals surface area contributed by atoms with Crippen molar-refractivity contribution in [3.63, 3.8) is 0 Å². The first-order valence-corrected chi connectivity index (χ1v) is 6.59. The van der Waals surface area contributed by atoms with E-state index in [9.17, 15) is 4.79 Å². The summed E-state index contributed by atoms with van der Waals surface area (Å²) in [5, 5.41) is 2.33. The number of allylic oxidation sites excluding steroid dienone is 1. The third kappa shape index (κ3) is 2.99. The molecule has 2 rings (SSSR count). The highest BCUT2D eigenvalue weighted by Crippen LogP contribution is 2.10. The maximum atomic E-state index is 11.6. The van der Waals surface area contributed by atoms with Crippen LogP contribution in [-0.4, -0.2) is 10.8 Å². The molecule has 0 unspecified atom stereocenters. The van der Waals surface area contributed by atoms with Crippen LogP contribution in [0.2, 0.25) is 0 Å². The number of thiazole rings is 1. The van der Waals surface area contributed by atoms with Gasteiger partial charge in [-0.15, -0.1) is 11.3 Å². The highest BCUT2D eigenvalue weighted by molar-refractivity contribution is 14.1. The zero-order valence-corrected chi connectivity index (χ0v) is 11.2. The summed E-state index contributed by atoms with van der Waals surface area (Å²) in [6.07, 6.45) is 5.00. The van der Waals surface area contributed by atoms with Crippen LogP contribution in [0.3, 0.4) is 0 Å². The zero-order chi connectivity index (χ0) is 11.4. The topological polar surface area (TPSA) is 30.0 Å². The van der Waals surface area contributed by atoms with Crippen molar-refractivity contribution in [1.82, 2.24) is 4.98 Å². The SMILES string of the molecule is O=C(/C=C/c1ccc(I)cc1)c1nccs1. The number of carbonyl (C=O) groups is 1. The number of ketones is 1. The molecular weight excluding hydrogens is 333 g/mol. The zero-order valence-electron chi connectivity index (χ0n) is 8.26. The van der Waals surface area contributed by atoms with Gasteiger partial charge in [-0.25, -0.2) is 4.98 Å². The second kappa shape index (κ2) is 5.36. The first kappa shape index (κ1) is 11.5. The quantitative estimate of drug-likeness (QED) is 0.485. The predicted molar refractivity (Wildman–Crippen MR) is 74.6 cm³/mol. The summed E-state index contributed by atoms with van der Waals surface area (Å²) in [6.45, 7) is 0. The van der Waals surface area contributed by atoms with Gasteiger partial charge in [0.2, 0.25) is 5.78 Å². The van der Waals surface area contributed by atoms with Gasteiger partial charge in [0.25, 0.3) is 0 Å². The molecule has 2 aromatic rings. The van der Waals surface area contributed by atoms with Gasteiger partial charge in [0.1, 0.15) is 0 Å². The Hall–Kier alpha value is -1.01. The number of halogens is 1. The van der Waals surface area contributed by atoms with Crippen LogP contribution < -0.4 is 0 Å². The molecule has 0 aliphatic rings. The van der Waals surface area contributed by atoms with Crippen molar-refractivity contribution in [3.05, 3.63) is 56.1 Å². The summed E-state index contributed by atoms with van der Waals surface area (Å²) in [5.74, 6) is -0.0476. The van der Waals surface area contributed by atoms with E-state index in [2.05, 4.69) is 27.6 Å². The second-order valence-corrected chi connectivity index (χ2v) is 5.23. The fourth-order valence-corrected chi connectivity index (χ4v) is 2.08. The van der Waals surface area contributed by atoms with E-state index >= 15 is 0 Å². The number of nitrogens with zero attached hydrogens (tertiary/aromatic N) is 1. The first-order chi connectivity index (χ1) is 7.75. The second-order valence-electron chi connectivity index (χ2n) is 3.09. The lowest BCUT2D eigenvalue weighted by Crippen LogP contribution is -1.91. The van der Waals surface area contributed by atoms with Crippen molar-refractivity contribution >= 4 is 45.8 Å². The van der Waals surface area contributed by atoms with Crippen molar-refractivity contribution in [1.29, 1.82) is 0 Å². The van der Waals surface area contributed by atoms with Gasteiger partial charge in [0.15, 0.2) is 5.01 Å². The van der Waals surface area contributed by atoms with E-state index in [1.54, 1.807) is 23.7 Å².